The molecule has 0 aromatic carbocycles. The highest BCUT2D eigenvalue weighted by atomic mass is 16.5. The standard InChI is InChI=1S/C21H39N7O2/c1-3-14-30-20(26-17-23)27-19-16-25-21(29)28(19)13-9-6-10-18(2)15-24-12-8-5-4-7-11-22/h6,9-10,24H,3-5,7-8,11-17,22-23H2,1-2H3,(H,25,29)/b9-6+,18-10+,26-20+,27-19+. The average molecular weight is 422 g/mol. The molecule has 6 N–H and O–H groups in total. The maximum Gasteiger partial charge on any atom is 0.323 e. The zero-order valence-electron chi connectivity index (χ0n) is 18.5. The lowest BCUT2D eigenvalue weighted by Gasteiger charge is -2.13. The first-order chi connectivity index (χ1) is 14.6. The molecule has 0 atom stereocenters. The van der Waals surface area contributed by atoms with E-state index in [1.807, 2.05) is 19.1 Å². The van der Waals surface area contributed by atoms with Crippen LogP contribution in [0.15, 0.2) is 33.8 Å². The molecule has 0 aliphatic carbocycles. The molecular weight excluding hydrogens is 382 g/mol. The van der Waals surface area contributed by atoms with E-state index in [1.165, 1.54) is 24.8 Å². The Labute approximate surface area is 180 Å². The maximum atomic E-state index is 12.1. The summed E-state index contributed by atoms with van der Waals surface area (Å²) in [6.45, 7) is 8.09. The third kappa shape index (κ3) is 11.1. The quantitative estimate of drug-likeness (QED) is 0.147. The number of nitrogens with one attached hydrogen (secondary N) is 2. The van der Waals surface area contributed by atoms with E-state index in [0.29, 0.717) is 25.5 Å². The van der Waals surface area contributed by atoms with Crippen LogP contribution < -0.4 is 22.1 Å². The fourth-order valence-corrected chi connectivity index (χ4v) is 2.74. The fraction of sp³-hybridized carbons (Fsp3) is 0.667. The van der Waals surface area contributed by atoms with E-state index in [9.17, 15) is 4.79 Å². The molecule has 1 aliphatic heterocycles. The van der Waals surface area contributed by atoms with Crippen LogP contribution in [0.5, 0.6) is 0 Å². The number of ether oxygens (including phenoxy) is 1. The van der Waals surface area contributed by atoms with Crippen LogP contribution in [-0.4, -0.2) is 68.8 Å². The summed E-state index contributed by atoms with van der Waals surface area (Å²) < 4.78 is 5.49. The van der Waals surface area contributed by atoms with E-state index in [1.54, 1.807) is 4.90 Å². The van der Waals surface area contributed by atoms with Gasteiger partial charge in [-0.1, -0.05) is 43.6 Å². The smallest absolute Gasteiger partial charge is 0.323 e. The van der Waals surface area contributed by atoms with Gasteiger partial charge in [0.15, 0.2) is 0 Å². The van der Waals surface area contributed by atoms with Crippen LogP contribution in [0.2, 0.25) is 0 Å². The van der Waals surface area contributed by atoms with Gasteiger partial charge in [0.25, 0.3) is 0 Å². The Hall–Kier alpha value is -2.23. The molecule has 9 nitrogen and oxygen atoms in total. The predicted octanol–water partition coefficient (Wildman–Crippen LogP) is 1.72. The molecule has 1 fully saturated rings. The summed E-state index contributed by atoms with van der Waals surface area (Å²) in [5, 5.41) is 6.22. The summed E-state index contributed by atoms with van der Waals surface area (Å²) in [6, 6.07) is 0.0302. The Balaban J connectivity index is 2.46. The number of hydrogen-bond donors (Lipinski definition) is 4. The van der Waals surface area contributed by atoms with Crippen LogP contribution in [0.25, 0.3) is 0 Å². The van der Waals surface area contributed by atoms with Crippen molar-refractivity contribution in [3.05, 3.63) is 23.8 Å². The zero-order valence-corrected chi connectivity index (χ0v) is 18.5. The zero-order chi connectivity index (χ0) is 22.0. The number of rotatable bonds is 14. The van der Waals surface area contributed by atoms with Crippen LogP contribution in [0.1, 0.15) is 46.0 Å². The second-order valence-corrected chi connectivity index (χ2v) is 7.09. The van der Waals surface area contributed by atoms with E-state index in [0.717, 1.165) is 32.5 Å². The molecule has 0 aromatic rings. The van der Waals surface area contributed by atoms with Crippen molar-refractivity contribution in [2.75, 3.05) is 46.0 Å². The van der Waals surface area contributed by atoms with Crippen LogP contribution in [-0.2, 0) is 4.74 Å². The number of nitrogens with zero attached hydrogens (tertiary/aromatic N) is 3. The van der Waals surface area contributed by atoms with Crippen molar-refractivity contribution >= 4 is 17.9 Å². The molecule has 0 aromatic heterocycles. The van der Waals surface area contributed by atoms with Gasteiger partial charge < -0.3 is 26.8 Å². The number of hydrogen-bond acceptors (Lipinski definition) is 6. The van der Waals surface area contributed by atoms with Crippen LogP contribution >= 0.6 is 0 Å². The number of allylic oxidation sites excluding steroid dienone is 2. The molecule has 0 spiro atoms. The van der Waals surface area contributed by atoms with Gasteiger partial charge in [0.2, 0.25) is 0 Å². The molecule has 9 heteroatoms. The first-order valence-electron chi connectivity index (χ1n) is 10.9. The number of carbonyl (C=O) groups is 1. The first-order valence-corrected chi connectivity index (χ1v) is 10.9. The van der Waals surface area contributed by atoms with E-state index in [2.05, 4.69) is 33.6 Å². The minimum absolute atomic E-state index is 0.0862. The molecule has 1 rings (SSSR count). The van der Waals surface area contributed by atoms with Crippen molar-refractivity contribution < 1.29 is 9.53 Å². The fourth-order valence-electron chi connectivity index (χ4n) is 2.74. The minimum Gasteiger partial charge on any atom is -0.464 e. The van der Waals surface area contributed by atoms with Gasteiger partial charge in [-0.05, 0) is 39.3 Å². The van der Waals surface area contributed by atoms with Gasteiger partial charge in [0.1, 0.15) is 5.84 Å². The van der Waals surface area contributed by atoms with E-state index in [4.69, 9.17) is 16.2 Å². The lowest BCUT2D eigenvalue weighted by molar-refractivity contribution is 0.231. The number of urea groups is 1. The van der Waals surface area contributed by atoms with Crippen molar-refractivity contribution in [1.29, 1.82) is 0 Å². The van der Waals surface area contributed by atoms with Crippen LogP contribution in [0.4, 0.5) is 4.79 Å². The topological polar surface area (TPSA) is 130 Å². The highest BCUT2D eigenvalue weighted by Crippen LogP contribution is 2.04. The highest BCUT2D eigenvalue weighted by molar-refractivity contribution is 6.08. The van der Waals surface area contributed by atoms with Gasteiger partial charge in [-0.25, -0.2) is 9.79 Å². The number of nitrogens with two attached hydrogens (primary N) is 2. The van der Waals surface area contributed by atoms with Crippen molar-refractivity contribution in [1.82, 2.24) is 15.5 Å². The SMILES string of the molecule is CCCOC(=N/CN)/N=C1\CNC(=O)N1C/C=C/C=C(\C)CNCCCCCCN. The average Bonchev–Trinajstić information content (AvgIpc) is 3.08. The second kappa shape index (κ2) is 16.6. The molecule has 0 saturated carbocycles. The summed E-state index contributed by atoms with van der Waals surface area (Å²) in [5.41, 5.74) is 12.2. The molecule has 170 valence electrons. The Kier molecular flexibility index (Phi) is 14.2. The molecule has 1 aliphatic rings. The summed E-state index contributed by atoms with van der Waals surface area (Å²) >= 11 is 0. The third-order valence-electron chi connectivity index (χ3n) is 4.36. The van der Waals surface area contributed by atoms with Crippen molar-refractivity contribution in [3.8, 4) is 0 Å². The number of carbonyl (C=O) groups excluding carboxylic acids is 1. The van der Waals surface area contributed by atoms with Gasteiger partial charge in [0, 0.05) is 13.1 Å². The molecule has 30 heavy (non-hydrogen) atoms. The predicted molar refractivity (Wildman–Crippen MR) is 124 cm³/mol. The van der Waals surface area contributed by atoms with Crippen LogP contribution in [0, 0.1) is 0 Å². The molecule has 0 radical (unpaired) electrons. The Morgan fingerprint density at radius 1 is 1.30 bits per heavy atom. The van der Waals surface area contributed by atoms with Gasteiger partial charge in [-0.2, -0.15) is 4.99 Å². The molecular formula is C21H39N7O2. The van der Waals surface area contributed by atoms with E-state index >= 15 is 0 Å². The van der Waals surface area contributed by atoms with Gasteiger partial charge in [-0.15, -0.1) is 0 Å². The van der Waals surface area contributed by atoms with Crippen molar-refractivity contribution in [2.45, 2.75) is 46.0 Å². The number of unbranched alkanes of at least 4 members (excludes halogenated alkanes) is 3. The molecule has 0 bridgehead atoms. The van der Waals surface area contributed by atoms with Gasteiger partial charge in [-0.3, -0.25) is 4.90 Å². The number of amidine groups is 2. The van der Waals surface area contributed by atoms with E-state index in [-0.39, 0.29) is 18.7 Å². The molecule has 1 heterocycles. The lowest BCUT2D eigenvalue weighted by Crippen LogP contribution is -2.32. The molecule has 2 amide bonds. The van der Waals surface area contributed by atoms with Crippen LogP contribution in [0.3, 0.4) is 0 Å². The lowest BCUT2D eigenvalue weighted by atomic mass is 10.2. The van der Waals surface area contributed by atoms with Crippen molar-refractivity contribution in [3.63, 3.8) is 0 Å². The highest BCUT2D eigenvalue weighted by Gasteiger charge is 2.26. The Morgan fingerprint density at radius 2 is 2.10 bits per heavy atom. The molecule has 0 unspecified atom stereocenters. The number of aliphatic imine (C=N–C) groups is 2. The Bertz CT molecular complexity index is 614. The summed E-state index contributed by atoms with van der Waals surface area (Å²) in [4.78, 5) is 22.1. The molecule has 1 saturated heterocycles. The Morgan fingerprint density at radius 3 is 2.83 bits per heavy atom. The summed E-state index contributed by atoms with van der Waals surface area (Å²) in [6.07, 6.45) is 11.5. The monoisotopic (exact) mass is 421 g/mol. The van der Waals surface area contributed by atoms with Gasteiger partial charge in [0.05, 0.1) is 19.8 Å². The third-order valence-corrected chi connectivity index (χ3v) is 4.36. The number of amides is 2. The second-order valence-electron chi connectivity index (χ2n) is 7.09. The van der Waals surface area contributed by atoms with E-state index < -0.39 is 0 Å². The summed E-state index contributed by atoms with van der Waals surface area (Å²) in [5.74, 6) is 0.574. The van der Waals surface area contributed by atoms with Gasteiger partial charge >= 0.3 is 12.1 Å². The van der Waals surface area contributed by atoms with Crippen molar-refractivity contribution in [2.24, 2.45) is 21.5 Å². The summed E-state index contributed by atoms with van der Waals surface area (Å²) in [7, 11) is 0. The maximum absolute atomic E-state index is 12.1. The normalized spacial score (nSPS) is 16.7. The largest absolute Gasteiger partial charge is 0.464 e. The first kappa shape index (κ1) is 25.8. The minimum atomic E-state index is -0.182.